The summed E-state index contributed by atoms with van der Waals surface area (Å²) in [7, 11) is 1.82. The fourth-order valence-corrected chi connectivity index (χ4v) is 3.40. The molecule has 0 aromatic carbocycles. The van der Waals surface area contributed by atoms with E-state index in [-0.39, 0.29) is 11.8 Å². The Kier molecular flexibility index (Phi) is 4.20. The number of carbonyl (C=O) groups is 2. The molecule has 2 aromatic heterocycles. The summed E-state index contributed by atoms with van der Waals surface area (Å²) in [6.45, 7) is 4.96. The highest BCUT2D eigenvalue weighted by molar-refractivity contribution is 5.96. The van der Waals surface area contributed by atoms with Crippen LogP contribution in [0.2, 0.25) is 0 Å². The molecular formula is C18H21N5O3. The monoisotopic (exact) mass is 355 g/mol. The molecule has 1 saturated heterocycles. The molecule has 4 heterocycles. The fourth-order valence-electron chi connectivity index (χ4n) is 3.40. The lowest BCUT2D eigenvalue weighted by molar-refractivity contribution is 0.0297. The van der Waals surface area contributed by atoms with Gasteiger partial charge in [-0.05, 0) is 19.1 Å². The fraction of sp³-hybridized carbons (Fsp3) is 0.444. The van der Waals surface area contributed by atoms with Crippen molar-refractivity contribution in [2.75, 3.05) is 26.3 Å². The molecule has 4 rings (SSSR count). The summed E-state index contributed by atoms with van der Waals surface area (Å²) < 4.78 is 7.02. The first kappa shape index (κ1) is 16.7. The van der Waals surface area contributed by atoms with Crippen LogP contribution in [-0.4, -0.2) is 62.7 Å². The van der Waals surface area contributed by atoms with E-state index in [1.54, 1.807) is 26.7 Å². The molecule has 0 N–H and O–H groups in total. The number of fused-ring (bicyclic) bond motifs is 1. The average molecular weight is 355 g/mol. The number of rotatable bonds is 2. The Bertz CT molecular complexity index is 852. The maximum absolute atomic E-state index is 12.8. The Hall–Kier alpha value is -2.74. The van der Waals surface area contributed by atoms with Gasteiger partial charge < -0.3 is 14.5 Å². The highest BCUT2D eigenvalue weighted by Crippen LogP contribution is 2.27. The third-order valence-corrected chi connectivity index (χ3v) is 4.91. The highest BCUT2D eigenvalue weighted by atomic mass is 16.5. The van der Waals surface area contributed by atoms with Crippen LogP contribution in [0, 0.1) is 6.92 Å². The predicted molar refractivity (Wildman–Crippen MR) is 92.5 cm³/mol. The molecule has 2 aliphatic heterocycles. The van der Waals surface area contributed by atoms with Gasteiger partial charge in [-0.1, -0.05) is 0 Å². The molecule has 136 valence electrons. The van der Waals surface area contributed by atoms with Crippen molar-refractivity contribution in [1.82, 2.24) is 24.6 Å². The first-order valence-electron chi connectivity index (χ1n) is 8.68. The van der Waals surface area contributed by atoms with E-state index in [0.29, 0.717) is 50.7 Å². The maximum Gasteiger partial charge on any atom is 0.274 e. The van der Waals surface area contributed by atoms with E-state index in [4.69, 9.17) is 4.74 Å². The molecule has 1 fully saturated rings. The van der Waals surface area contributed by atoms with Crippen LogP contribution < -0.4 is 0 Å². The van der Waals surface area contributed by atoms with Crippen LogP contribution in [-0.2, 0) is 24.9 Å². The van der Waals surface area contributed by atoms with Crippen LogP contribution in [0.25, 0.3) is 0 Å². The topological polar surface area (TPSA) is 80.6 Å². The van der Waals surface area contributed by atoms with E-state index in [9.17, 15) is 9.59 Å². The normalized spacial score (nSPS) is 16.7. The minimum absolute atomic E-state index is 0.0847. The molecule has 0 radical (unpaired) electrons. The SMILES string of the molecule is Cc1ccc(C(=O)N2Cc3c(C(=O)N4CCOCC4)nn(C)c3C2)cn1. The summed E-state index contributed by atoms with van der Waals surface area (Å²) in [6.07, 6.45) is 1.60. The second-order valence-electron chi connectivity index (χ2n) is 6.65. The Labute approximate surface area is 151 Å². The van der Waals surface area contributed by atoms with Crippen molar-refractivity contribution in [1.29, 1.82) is 0 Å². The standard InChI is InChI=1S/C18H21N5O3/c1-12-3-4-13(9-19-12)17(24)23-10-14-15(11-23)21(2)20-16(14)18(25)22-5-7-26-8-6-22/h3-4,9H,5-8,10-11H2,1-2H3. The lowest BCUT2D eigenvalue weighted by atomic mass is 10.2. The van der Waals surface area contributed by atoms with E-state index in [0.717, 1.165) is 17.0 Å². The third kappa shape index (κ3) is 2.86. The number of aromatic nitrogens is 3. The van der Waals surface area contributed by atoms with Gasteiger partial charge in [0.1, 0.15) is 0 Å². The van der Waals surface area contributed by atoms with Crippen molar-refractivity contribution in [3.05, 3.63) is 46.5 Å². The molecule has 2 amide bonds. The van der Waals surface area contributed by atoms with Gasteiger partial charge in [0.2, 0.25) is 0 Å². The van der Waals surface area contributed by atoms with E-state index in [2.05, 4.69) is 10.1 Å². The second kappa shape index (κ2) is 6.53. The van der Waals surface area contributed by atoms with Crippen molar-refractivity contribution in [2.24, 2.45) is 7.05 Å². The zero-order valence-electron chi connectivity index (χ0n) is 14.9. The zero-order valence-corrected chi connectivity index (χ0v) is 14.9. The van der Waals surface area contributed by atoms with Crippen LogP contribution in [0.15, 0.2) is 18.3 Å². The van der Waals surface area contributed by atoms with Crippen molar-refractivity contribution >= 4 is 11.8 Å². The number of aryl methyl sites for hydroxylation is 2. The van der Waals surface area contributed by atoms with Crippen molar-refractivity contribution in [3.63, 3.8) is 0 Å². The van der Waals surface area contributed by atoms with Crippen LogP contribution in [0.1, 0.15) is 37.8 Å². The van der Waals surface area contributed by atoms with Gasteiger partial charge in [-0.15, -0.1) is 0 Å². The van der Waals surface area contributed by atoms with Crippen molar-refractivity contribution in [3.8, 4) is 0 Å². The number of morpholine rings is 1. The van der Waals surface area contributed by atoms with Crippen molar-refractivity contribution in [2.45, 2.75) is 20.0 Å². The molecule has 8 heteroatoms. The van der Waals surface area contributed by atoms with Crippen LogP contribution in [0.4, 0.5) is 0 Å². The zero-order chi connectivity index (χ0) is 18.3. The Morgan fingerprint density at radius 2 is 1.85 bits per heavy atom. The number of amides is 2. The summed E-state index contributed by atoms with van der Waals surface area (Å²) in [5.41, 5.74) is 3.63. The van der Waals surface area contributed by atoms with Gasteiger partial charge in [-0.2, -0.15) is 5.10 Å². The smallest absolute Gasteiger partial charge is 0.274 e. The lowest BCUT2D eigenvalue weighted by Gasteiger charge is -2.26. The van der Waals surface area contributed by atoms with E-state index >= 15 is 0 Å². The summed E-state index contributed by atoms with van der Waals surface area (Å²) in [4.78, 5) is 33.3. The molecule has 8 nitrogen and oxygen atoms in total. The van der Waals surface area contributed by atoms with Crippen LogP contribution in [0.3, 0.4) is 0 Å². The highest BCUT2D eigenvalue weighted by Gasteiger charge is 2.34. The van der Waals surface area contributed by atoms with Gasteiger partial charge in [-0.25, -0.2) is 0 Å². The Balaban J connectivity index is 1.56. The summed E-state index contributed by atoms with van der Waals surface area (Å²) >= 11 is 0. The average Bonchev–Trinajstić information content (AvgIpc) is 3.23. The molecule has 2 aliphatic rings. The number of hydrogen-bond donors (Lipinski definition) is 0. The van der Waals surface area contributed by atoms with Gasteiger partial charge >= 0.3 is 0 Å². The summed E-state index contributed by atoms with van der Waals surface area (Å²) in [5.74, 6) is -0.171. The molecule has 26 heavy (non-hydrogen) atoms. The van der Waals surface area contributed by atoms with Gasteiger partial charge in [0.15, 0.2) is 5.69 Å². The number of hydrogen-bond acceptors (Lipinski definition) is 5. The molecule has 2 aromatic rings. The van der Waals surface area contributed by atoms with Crippen molar-refractivity contribution < 1.29 is 14.3 Å². The van der Waals surface area contributed by atoms with E-state index < -0.39 is 0 Å². The quantitative estimate of drug-likeness (QED) is 0.794. The predicted octanol–water partition coefficient (Wildman–Crippen LogP) is 0.752. The van der Waals surface area contributed by atoms with Gasteiger partial charge in [-0.3, -0.25) is 19.3 Å². The van der Waals surface area contributed by atoms with Gasteiger partial charge in [0.25, 0.3) is 11.8 Å². The van der Waals surface area contributed by atoms with Gasteiger partial charge in [0.05, 0.1) is 37.6 Å². The molecule has 0 unspecified atom stereocenters. The molecule has 0 bridgehead atoms. The minimum atomic E-state index is -0.0866. The second-order valence-corrected chi connectivity index (χ2v) is 6.65. The number of ether oxygens (including phenoxy) is 1. The minimum Gasteiger partial charge on any atom is -0.378 e. The Morgan fingerprint density at radius 3 is 2.54 bits per heavy atom. The van der Waals surface area contributed by atoms with Crippen LogP contribution >= 0.6 is 0 Å². The van der Waals surface area contributed by atoms with E-state index in [1.807, 2.05) is 20.0 Å². The summed E-state index contributed by atoms with van der Waals surface area (Å²) in [5, 5.41) is 4.42. The molecule has 0 atom stereocenters. The van der Waals surface area contributed by atoms with E-state index in [1.165, 1.54) is 0 Å². The number of nitrogens with zero attached hydrogens (tertiary/aromatic N) is 5. The largest absolute Gasteiger partial charge is 0.378 e. The lowest BCUT2D eigenvalue weighted by Crippen LogP contribution is -2.41. The number of pyridine rings is 1. The first-order chi connectivity index (χ1) is 12.5. The Morgan fingerprint density at radius 1 is 1.08 bits per heavy atom. The van der Waals surface area contributed by atoms with Gasteiger partial charge in [0, 0.05) is 37.6 Å². The molecular weight excluding hydrogens is 334 g/mol. The maximum atomic E-state index is 12.8. The molecule has 0 aliphatic carbocycles. The van der Waals surface area contributed by atoms with Crippen LogP contribution in [0.5, 0.6) is 0 Å². The summed E-state index contributed by atoms with van der Waals surface area (Å²) in [6, 6.07) is 3.61. The molecule has 0 spiro atoms. The third-order valence-electron chi connectivity index (χ3n) is 4.91. The molecule has 0 saturated carbocycles. The number of carbonyl (C=O) groups excluding carboxylic acids is 2. The first-order valence-corrected chi connectivity index (χ1v) is 8.68.